The van der Waals surface area contributed by atoms with Crippen molar-refractivity contribution in [1.29, 1.82) is 0 Å². The number of ether oxygens (including phenoxy) is 1. The first-order valence-corrected chi connectivity index (χ1v) is 24.1. The Morgan fingerprint density at radius 1 is 0.509 bits per heavy atom. The van der Waals surface area contributed by atoms with Gasteiger partial charge in [-0.05, 0) is 64.2 Å². The number of carbonyl (C=O) groups excluding carboxylic acids is 2. The molecule has 3 unspecified atom stereocenters. The molecule has 3 N–H and O–H groups in total. The average molecular weight is 776 g/mol. The molecule has 0 saturated carbocycles. The van der Waals surface area contributed by atoms with Gasteiger partial charge in [0.25, 0.3) is 0 Å². The summed E-state index contributed by atoms with van der Waals surface area (Å²) in [5.41, 5.74) is 0. The number of rotatable bonds is 43. The topological polar surface area (TPSA) is 95.9 Å². The molecule has 1 amide bonds. The van der Waals surface area contributed by atoms with Crippen LogP contribution in [-0.4, -0.2) is 46.9 Å². The summed E-state index contributed by atoms with van der Waals surface area (Å²) in [4.78, 5) is 26.0. The number of unbranched alkanes of at least 4 members (excludes halogenated alkanes) is 27. The van der Waals surface area contributed by atoms with Crippen LogP contribution in [-0.2, 0) is 14.3 Å². The van der Waals surface area contributed by atoms with Crippen LogP contribution in [0.5, 0.6) is 0 Å². The number of esters is 1. The monoisotopic (exact) mass is 776 g/mol. The maximum Gasteiger partial charge on any atom is 0.306 e. The third-order valence-corrected chi connectivity index (χ3v) is 11.0. The van der Waals surface area contributed by atoms with Crippen LogP contribution in [0.4, 0.5) is 0 Å². The van der Waals surface area contributed by atoms with Crippen molar-refractivity contribution in [1.82, 2.24) is 5.32 Å². The molecule has 0 spiro atoms. The number of hydrogen-bond acceptors (Lipinski definition) is 5. The van der Waals surface area contributed by atoms with Gasteiger partial charge in [0, 0.05) is 6.42 Å². The van der Waals surface area contributed by atoms with Crippen molar-refractivity contribution < 1.29 is 24.5 Å². The van der Waals surface area contributed by atoms with Gasteiger partial charge in [-0.1, -0.05) is 199 Å². The largest absolute Gasteiger partial charge is 0.462 e. The number of aliphatic hydroxyl groups excluding tert-OH is 2. The molecular weight excluding hydrogens is 683 g/mol. The molecule has 6 nitrogen and oxygen atoms in total. The van der Waals surface area contributed by atoms with E-state index < -0.39 is 18.2 Å². The summed E-state index contributed by atoms with van der Waals surface area (Å²) in [6.07, 6.45) is 48.1. The molecule has 0 aromatic heterocycles. The van der Waals surface area contributed by atoms with Gasteiger partial charge < -0.3 is 20.3 Å². The minimum Gasteiger partial charge on any atom is -0.462 e. The van der Waals surface area contributed by atoms with E-state index in [9.17, 15) is 19.8 Å². The first kappa shape index (κ1) is 53.3. The van der Waals surface area contributed by atoms with Crippen LogP contribution in [0.15, 0.2) is 24.3 Å². The van der Waals surface area contributed by atoms with E-state index in [2.05, 4.69) is 50.4 Å². The van der Waals surface area contributed by atoms with E-state index in [4.69, 9.17) is 4.74 Å². The Balaban J connectivity index is 4.59. The van der Waals surface area contributed by atoms with Crippen LogP contribution >= 0.6 is 0 Å². The maximum atomic E-state index is 13.1. The Kier molecular flexibility index (Phi) is 42.2. The summed E-state index contributed by atoms with van der Waals surface area (Å²) < 4.78 is 5.88. The van der Waals surface area contributed by atoms with Crippen LogP contribution in [0.3, 0.4) is 0 Å². The van der Waals surface area contributed by atoms with Crippen molar-refractivity contribution in [2.75, 3.05) is 6.61 Å². The molecule has 0 fully saturated rings. The number of carbonyl (C=O) groups is 2. The highest BCUT2D eigenvalue weighted by molar-refractivity contribution is 5.77. The SMILES string of the molecule is CCCC/C=C\CCCCCCCC(=O)OC(CCC/C=C\CCCCCCCCC)CC(=O)NC(CO)C(O)CCCCCCCCCCCCCCC. The van der Waals surface area contributed by atoms with Crippen molar-refractivity contribution in [3.05, 3.63) is 24.3 Å². The van der Waals surface area contributed by atoms with Gasteiger partial charge >= 0.3 is 5.97 Å². The molecule has 0 radical (unpaired) electrons. The van der Waals surface area contributed by atoms with Crippen molar-refractivity contribution in [3.63, 3.8) is 0 Å². The molecule has 0 aromatic rings. The predicted molar refractivity (Wildman–Crippen MR) is 236 cm³/mol. The minimum atomic E-state index is -0.791. The molecule has 3 atom stereocenters. The van der Waals surface area contributed by atoms with Gasteiger partial charge in [-0.15, -0.1) is 0 Å². The number of amides is 1. The molecule has 0 heterocycles. The van der Waals surface area contributed by atoms with Crippen molar-refractivity contribution in [2.45, 2.75) is 270 Å². The van der Waals surface area contributed by atoms with E-state index in [1.54, 1.807) is 0 Å². The fourth-order valence-electron chi connectivity index (χ4n) is 7.29. The minimum absolute atomic E-state index is 0.0568. The Bertz CT molecular complexity index is 873. The summed E-state index contributed by atoms with van der Waals surface area (Å²) in [5.74, 6) is -0.508. The fourth-order valence-corrected chi connectivity index (χ4v) is 7.29. The Labute approximate surface area is 341 Å². The van der Waals surface area contributed by atoms with Gasteiger partial charge in [0.15, 0.2) is 0 Å². The molecule has 0 aliphatic rings. The highest BCUT2D eigenvalue weighted by Crippen LogP contribution is 2.17. The molecular formula is C49H93NO5. The Morgan fingerprint density at radius 3 is 1.38 bits per heavy atom. The molecule has 0 aliphatic heterocycles. The highest BCUT2D eigenvalue weighted by Gasteiger charge is 2.24. The first-order chi connectivity index (χ1) is 27.0. The summed E-state index contributed by atoms with van der Waals surface area (Å²) in [7, 11) is 0. The van der Waals surface area contributed by atoms with Crippen molar-refractivity contribution in [2.24, 2.45) is 0 Å². The standard InChI is InChI=1S/C49H93NO5/c1-4-7-10-13-16-19-22-24-27-29-32-35-38-41-47(52)46(44-51)50-48(53)43-45(40-37-34-31-28-26-23-20-17-14-11-8-5-2)55-49(54)42-39-36-33-30-25-21-18-15-12-9-6-3/h15,18,28,31,45-47,51-52H,4-14,16-17,19-27,29-30,32-44H2,1-3H3,(H,50,53)/b18-15-,31-28-. The van der Waals surface area contributed by atoms with Crippen LogP contribution in [0.2, 0.25) is 0 Å². The smallest absolute Gasteiger partial charge is 0.306 e. The zero-order valence-electron chi connectivity index (χ0n) is 36.8. The number of nitrogens with one attached hydrogen (secondary N) is 1. The summed E-state index contributed by atoms with van der Waals surface area (Å²) >= 11 is 0. The Hall–Kier alpha value is -1.66. The van der Waals surface area contributed by atoms with Gasteiger partial charge in [-0.25, -0.2) is 0 Å². The van der Waals surface area contributed by atoms with Gasteiger partial charge in [0.05, 0.1) is 25.2 Å². The maximum absolute atomic E-state index is 13.1. The second kappa shape index (κ2) is 43.5. The fraction of sp³-hybridized carbons (Fsp3) is 0.878. The zero-order valence-corrected chi connectivity index (χ0v) is 36.8. The summed E-state index contributed by atoms with van der Waals surface area (Å²) in [6.45, 7) is 6.43. The molecule has 0 aliphatic carbocycles. The molecule has 0 rings (SSSR count). The third kappa shape index (κ3) is 39.0. The average Bonchev–Trinajstić information content (AvgIpc) is 3.18. The van der Waals surface area contributed by atoms with Crippen LogP contribution < -0.4 is 5.32 Å². The molecule has 0 saturated heterocycles. The molecule has 6 heteroatoms. The van der Waals surface area contributed by atoms with Crippen LogP contribution in [0.25, 0.3) is 0 Å². The van der Waals surface area contributed by atoms with Crippen LogP contribution in [0.1, 0.15) is 252 Å². The van der Waals surface area contributed by atoms with Crippen molar-refractivity contribution in [3.8, 4) is 0 Å². The quantitative estimate of drug-likeness (QED) is 0.0326. The van der Waals surface area contributed by atoms with Gasteiger partial charge in [0.1, 0.15) is 6.10 Å². The summed E-state index contributed by atoms with van der Waals surface area (Å²) in [6, 6.07) is -0.706. The normalized spacial score (nSPS) is 13.5. The van der Waals surface area contributed by atoms with Gasteiger partial charge in [-0.2, -0.15) is 0 Å². The third-order valence-electron chi connectivity index (χ3n) is 11.0. The zero-order chi connectivity index (χ0) is 40.3. The highest BCUT2D eigenvalue weighted by atomic mass is 16.5. The van der Waals surface area contributed by atoms with E-state index >= 15 is 0 Å². The first-order valence-electron chi connectivity index (χ1n) is 24.1. The second-order valence-electron chi connectivity index (χ2n) is 16.5. The molecule has 55 heavy (non-hydrogen) atoms. The lowest BCUT2D eigenvalue weighted by molar-refractivity contribution is -0.151. The second-order valence-corrected chi connectivity index (χ2v) is 16.5. The lowest BCUT2D eigenvalue weighted by Crippen LogP contribution is -2.46. The van der Waals surface area contributed by atoms with E-state index in [-0.39, 0.29) is 24.9 Å². The van der Waals surface area contributed by atoms with Crippen molar-refractivity contribution >= 4 is 11.9 Å². The summed E-state index contributed by atoms with van der Waals surface area (Å²) in [5, 5.41) is 23.7. The van der Waals surface area contributed by atoms with Crippen LogP contribution in [0, 0.1) is 0 Å². The molecule has 0 aromatic carbocycles. The van der Waals surface area contributed by atoms with E-state index in [0.717, 1.165) is 64.2 Å². The molecule has 324 valence electrons. The lowest BCUT2D eigenvalue weighted by Gasteiger charge is -2.24. The van der Waals surface area contributed by atoms with Gasteiger partial charge in [-0.3, -0.25) is 9.59 Å². The molecule has 0 bridgehead atoms. The lowest BCUT2D eigenvalue weighted by atomic mass is 10.0. The Morgan fingerprint density at radius 2 is 0.909 bits per heavy atom. The van der Waals surface area contributed by atoms with E-state index in [1.807, 2.05) is 0 Å². The predicted octanol–water partition coefficient (Wildman–Crippen LogP) is 14.0. The number of hydrogen-bond donors (Lipinski definition) is 3. The van der Waals surface area contributed by atoms with E-state index in [1.165, 1.54) is 141 Å². The number of aliphatic hydroxyl groups is 2. The van der Waals surface area contributed by atoms with E-state index in [0.29, 0.717) is 19.3 Å². The number of allylic oxidation sites excluding steroid dienone is 4. The van der Waals surface area contributed by atoms with Gasteiger partial charge in [0.2, 0.25) is 5.91 Å².